The van der Waals surface area contributed by atoms with Crippen molar-refractivity contribution in [1.29, 1.82) is 0 Å². The lowest BCUT2D eigenvalue weighted by Crippen LogP contribution is -2.44. The minimum Gasteiger partial charge on any atom is -0.376 e. The molecule has 0 radical (unpaired) electrons. The SMILES string of the molecule is Cn1ncc2c1CCC[C@@H]2NC(=O)N[C@H](c1ccc(F)cc1)[C@@H]1CCCO1. The van der Waals surface area contributed by atoms with E-state index in [1.807, 2.05) is 17.9 Å². The lowest BCUT2D eigenvalue weighted by molar-refractivity contribution is 0.0805. The fourth-order valence-electron chi connectivity index (χ4n) is 4.12. The van der Waals surface area contributed by atoms with Crippen LogP contribution in [0.1, 0.15) is 54.6 Å². The highest BCUT2D eigenvalue weighted by molar-refractivity contribution is 5.75. The van der Waals surface area contributed by atoms with Gasteiger partial charge in [0.25, 0.3) is 0 Å². The standard InChI is InChI=1S/C20H25FN4O2/c1-25-17-5-2-4-16(15(17)12-22-25)23-20(26)24-19(18-6-3-11-27-18)13-7-9-14(21)10-8-13/h7-10,12,16,18-19H,2-6,11H2,1H3,(H2,23,24,26)/t16-,18-,19+/m0/s1. The number of urea groups is 1. The largest absolute Gasteiger partial charge is 0.376 e. The summed E-state index contributed by atoms with van der Waals surface area (Å²) in [6.07, 6.45) is 6.49. The summed E-state index contributed by atoms with van der Waals surface area (Å²) in [6.45, 7) is 0.688. The lowest BCUT2D eigenvalue weighted by Gasteiger charge is -2.28. The number of hydrogen-bond donors (Lipinski definition) is 2. The molecule has 1 saturated heterocycles. The summed E-state index contributed by atoms with van der Waals surface area (Å²) in [4.78, 5) is 12.8. The fraction of sp³-hybridized carbons (Fsp3) is 0.500. The molecule has 0 spiro atoms. The molecule has 1 fully saturated rings. The van der Waals surface area contributed by atoms with Crippen LogP contribution in [0.2, 0.25) is 0 Å². The Morgan fingerprint density at radius 1 is 1.30 bits per heavy atom. The number of amides is 2. The quantitative estimate of drug-likeness (QED) is 0.866. The maximum Gasteiger partial charge on any atom is 0.315 e. The second-order valence-corrected chi connectivity index (χ2v) is 7.31. The summed E-state index contributed by atoms with van der Waals surface area (Å²) < 4.78 is 21.0. The molecular weight excluding hydrogens is 347 g/mol. The summed E-state index contributed by atoms with van der Waals surface area (Å²) in [5.74, 6) is -0.291. The highest BCUT2D eigenvalue weighted by Crippen LogP contribution is 2.30. The summed E-state index contributed by atoms with van der Waals surface area (Å²) >= 11 is 0. The number of hydrogen-bond acceptors (Lipinski definition) is 3. The molecule has 3 atom stereocenters. The van der Waals surface area contributed by atoms with Crippen molar-refractivity contribution in [2.75, 3.05) is 6.61 Å². The number of aromatic nitrogens is 2. The highest BCUT2D eigenvalue weighted by Gasteiger charge is 2.30. The molecule has 2 N–H and O–H groups in total. The Morgan fingerprint density at radius 3 is 2.85 bits per heavy atom. The maximum atomic E-state index is 13.3. The van der Waals surface area contributed by atoms with Crippen LogP contribution < -0.4 is 10.6 Å². The predicted octanol–water partition coefficient (Wildman–Crippen LogP) is 3.16. The molecule has 2 aliphatic rings. The van der Waals surface area contributed by atoms with Gasteiger partial charge in [-0.25, -0.2) is 9.18 Å². The van der Waals surface area contributed by atoms with Crippen LogP contribution in [-0.4, -0.2) is 28.5 Å². The van der Waals surface area contributed by atoms with Crippen molar-refractivity contribution < 1.29 is 13.9 Å². The smallest absolute Gasteiger partial charge is 0.315 e. The van der Waals surface area contributed by atoms with Crippen LogP contribution in [0.25, 0.3) is 0 Å². The van der Waals surface area contributed by atoms with Gasteiger partial charge in [-0.1, -0.05) is 12.1 Å². The number of ether oxygens (including phenoxy) is 1. The van der Waals surface area contributed by atoms with Crippen LogP contribution in [0.5, 0.6) is 0 Å². The second-order valence-electron chi connectivity index (χ2n) is 7.31. The minimum absolute atomic E-state index is 0.0409. The van der Waals surface area contributed by atoms with Gasteiger partial charge in [0, 0.05) is 24.9 Å². The van der Waals surface area contributed by atoms with E-state index in [1.165, 1.54) is 17.8 Å². The first kappa shape index (κ1) is 18.0. The van der Waals surface area contributed by atoms with E-state index < -0.39 is 0 Å². The average molecular weight is 372 g/mol. The zero-order chi connectivity index (χ0) is 18.8. The van der Waals surface area contributed by atoms with Crippen LogP contribution in [0, 0.1) is 5.82 Å². The molecule has 4 rings (SSSR count). The first-order valence-corrected chi connectivity index (χ1v) is 9.56. The number of benzene rings is 1. The molecule has 0 saturated carbocycles. The van der Waals surface area contributed by atoms with Crippen molar-refractivity contribution in [1.82, 2.24) is 20.4 Å². The van der Waals surface area contributed by atoms with Gasteiger partial charge in [-0.05, 0) is 49.8 Å². The van der Waals surface area contributed by atoms with Gasteiger partial charge in [0.1, 0.15) is 5.82 Å². The summed E-state index contributed by atoms with van der Waals surface area (Å²) in [7, 11) is 1.93. The van der Waals surface area contributed by atoms with E-state index in [4.69, 9.17) is 4.74 Å². The molecule has 2 amide bonds. The number of fused-ring (bicyclic) bond motifs is 1. The molecule has 144 valence electrons. The average Bonchev–Trinajstić information content (AvgIpc) is 3.32. The number of carbonyl (C=O) groups excluding carboxylic acids is 1. The van der Waals surface area contributed by atoms with E-state index in [0.717, 1.165) is 43.2 Å². The lowest BCUT2D eigenvalue weighted by atomic mass is 9.93. The Kier molecular flexibility index (Phi) is 5.11. The zero-order valence-corrected chi connectivity index (χ0v) is 15.5. The van der Waals surface area contributed by atoms with Crippen LogP contribution in [0.4, 0.5) is 9.18 Å². The summed E-state index contributed by atoms with van der Waals surface area (Å²) in [5.41, 5.74) is 3.12. The number of carbonyl (C=O) groups is 1. The van der Waals surface area contributed by atoms with Crippen LogP contribution in [0.15, 0.2) is 30.5 Å². The van der Waals surface area contributed by atoms with Gasteiger partial charge in [0.05, 0.1) is 24.4 Å². The maximum absolute atomic E-state index is 13.3. The van der Waals surface area contributed by atoms with Crippen molar-refractivity contribution in [2.24, 2.45) is 7.05 Å². The Bertz CT molecular complexity index is 799. The number of halogens is 1. The van der Waals surface area contributed by atoms with E-state index in [-0.39, 0.29) is 30.0 Å². The molecule has 2 heterocycles. The molecule has 1 aromatic carbocycles. The Labute approximate surface area is 158 Å². The fourth-order valence-corrected chi connectivity index (χ4v) is 4.12. The van der Waals surface area contributed by atoms with Gasteiger partial charge >= 0.3 is 6.03 Å². The molecule has 27 heavy (non-hydrogen) atoms. The minimum atomic E-state index is -0.301. The first-order chi connectivity index (χ1) is 13.1. The van der Waals surface area contributed by atoms with Crippen LogP contribution in [-0.2, 0) is 18.2 Å². The molecule has 1 aliphatic heterocycles. The van der Waals surface area contributed by atoms with Gasteiger partial charge in [-0.2, -0.15) is 5.10 Å². The zero-order valence-electron chi connectivity index (χ0n) is 15.5. The van der Waals surface area contributed by atoms with Crippen molar-refractivity contribution >= 4 is 6.03 Å². The van der Waals surface area contributed by atoms with Crippen molar-refractivity contribution in [2.45, 2.75) is 50.3 Å². The van der Waals surface area contributed by atoms with Gasteiger partial charge in [0.15, 0.2) is 0 Å². The van der Waals surface area contributed by atoms with Gasteiger partial charge < -0.3 is 15.4 Å². The third-order valence-corrected chi connectivity index (χ3v) is 5.53. The van der Waals surface area contributed by atoms with E-state index in [9.17, 15) is 9.18 Å². The number of nitrogens with zero attached hydrogens (tertiary/aromatic N) is 2. The topological polar surface area (TPSA) is 68.2 Å². The number of nitrogens with one attached hydrogen (secondary N) is 2. The second kappa shape index (κ2) is 7.68. The molecule has 7 heteroatoms. The van der Waals surface area contributed by atoms with Gasteiger partial charge in [-0.15, -0.1) is 0 Å². The van der Waals surface area contributed by atoms with Crippen molar-refractivity contribution in [3.05, 3.63) is 53.1 Å². The Morgan fingerprint density at radius 2 is 2.11 bits per heavy atom. The van der Waals surface area contributed by atoms with Crippen molar-refractivity contribution in [3.63, 3.8) is 0 Å². The molecule has 6 nitrogen and oxygen atoms in total. The summed E-state index contributed by atoms with van der Waals surface area (Å²) in [6, 6.07) is 5.68. The Balaban J connectivity index is 1.48. The normalized spacial score (nSPS) is 22.9. The van der Waals surface area contributed by atoms with Crippen molar-refractivity contribution in [3.8, 4) is 0 Å². The van der Waals surface area contributed by atoms with Crippen LogP contribution >= 0.6 is 0 Å². The van der Waals surface area contributed by atoms with E-state index in [1.54, 1.807) is 12.1 Å². The van der Waals surface area contributed by atoms with E-state index >= 15 is 0 Å². The molecule has 1 aliphatic carbocycles. The number of aryl methyl sites for hydroxylation is 1. The molecule has 0 unspecified atom stereocenters. The van der Waals surface area contributed by atoms with E-state index in [0.29, 0.717) is 6.61 Å². The molecule has 0 bridgehead atoms. The third-order valence-electron chi connectivity index (χ3n) is 5.53. The van der Waals surface area contributed by atoms with Crippen LogP contribution in [0.3, 0.4) is 0 Å². The molecule has 2 aromatic rings. The monoisotopic (exact) mass is 372 g/mol. The van der Waals surface area contributed by atoms with E-state index in [2.05, 4.69) is 15.7 Å². The predicted molar refractivity (Wildman–Crippen MR) is 98.7 cm³/mol. The van der Waals surface area contributed by atoms with Gasteiger partial charge in [0.2, 0.25) is 0 Å². The summed E-state index contributed by atoms with van der Waals surface area (Å²) in [5, 5.41) is 10.5. The Hall–Kier alpha value is -2.41. The number of rotatable bonds is 4. The molecular formula is C20H25FN4O2. The highest BCUT2D eigenvalue weighted by atomic mass is 19.1. The third kappa shape index (κ3) is 3.83. The molecule has 1 aromatic heterocycles. The first-order valence-electron chi connectivity index (χ1n) is 9.56. The van der Waals surface area contributed by atoms with Gasteiger partial charge in [-0.3, -0.25) is 4.68 Å².